The SMILES string of the molecule is O=C1C(=O)c2c(CBr)nn(-c3ccccc3)c2-c2ccccc21. The van der Waals surface area contributed by atoms with E-state index >= 15 is 0 Å². The first-order valence-corrected chi connectivity index (χ1v) is 8.26. The number of alkyl halides is 1. The quantitative estimate of drug-likeness (QED) is 0.511. The maximum absolute atomic E-state index is 12.6. The van der Waals surface area contributed by atoms with E-state index in [0.717, 1.165) is 11.3 Å². The van der Waals surface area contributed by atoms with E-state index in [-0.39, 0.29) is 0 Å². The minimum atomic E-state index is -0.490. The molecule has 23 heavy (non-hydrogen) atoms. The molecule has 1 aliphatic carbocycles. The smallest absolute Gasteiger partial charge is 0.237 e. The number of carbonyl (C=O) groups excluding carboxylic acids is 2. The third-order valence-electron chi connectivity index (χ3n) is 3.95. The van der Waals surface area contributed by atoms with Gasteiger partial charge in [0.05, 0.1) is 22.6 Å². The lowest BCUT2D eigenvalue weighted by molar-refractivity contribution is 0.0815. The van der Waals surface area contributed by atoms with Crippen LogP contribution in [0.3, 0.4) is 0 Å². The summed E-state index contributed by atoms with van der Waals surface area (Å²) in [6.45, 7) is 0. The van der Waals surface area contributed by atoms with E-state index in [1.54, 1.807) is 16.8 Å². The third-order valence-corrected chi connectivity index (χ3v) is 4.48. The second kappa shape index (κ2) is 5.28. The lowest BCUT2D eigenvalue weighted by atomic mass is 9.87. The summed E-state index contributed by atoms with van der Waals surface area (Å²) in [6.07, 6.45) is 0. The first-order chi connectivity index (χ1) is 11.2. The molecule has 0 spiro atoms. The van der Waals surface area contributed by atoms with Crippen molar-refractivity contribution in [2.75, 3.05) is 0 Å². The van der Waals surface area contributed by atoms with Gasteiger partial charge < -0.3 is 0 Å². The lowest BCUT2D eigenvalue weighted by Crippen LogP contribution is -2.22. The van der Waals surface area contributed by atoms with Crippen molar-refractivity contribution in [3.05, 3.63) is 71.4 Å². The number of Topliss-reactive ketones (excluding diaryl/α,β-unsaturated/α-hetero) is 2. The topological polar surface area (TPSA) is 52.0 Å². The molecule has 1 aromatic heterocycles. The predicted molar refractivity (Wildman–Crippen MR) is 90.3 cm³/mol. The average Bonchev–Trinajstić information content (AvgIpc) is 3.00. The number of hydrogen-bond donors (Lipinski definition) is 0. The first-order valence-electron chi connectivity index (χ1n) is 7.14. The van der Waals surface area contributed by atoms with Crippen LogP contribution in [-0.2, 0) is 5.33 Å². The van der Waals surface area contributed by atoms with Crippen molar-refractivity contribution in [2.24, 2.45) is 0 Å². The molecule has 0 unspecified atom stereocenters. The van der Waals surface area contributed by atoms with Crippen molar-refractivity contribution in [1.82, 2.24) is 9.78 Å². The highest BCUT2D eigenvalue weighted by Gasteiger charge is 2.36. The van der Waals surface area contributed by atoms with Crippen molar-refractivity contribution in [1.29, 1.82) is 0 Å². The van der Waals surface area contributed by atoms with Gasteiger partial charge in [-0.25, -0.2) is 4.68 Å². The van der Waals surface area contributed by atoms with E-state index in [1.807, 2.05) is 42.5 Å². The molecule has 1 aliphatic rings. The molecule has 0 radical (unpaired) electrons. The van der Waals surface area contributed by atoms with Crippen LogP contribution in [0.4, 0.5) is 0 Å². The number of ketones is 2. The van der Waals surface area contributed by atoms with Crippen LogP contribution in [0.5, 0.6) is 0 Å². The molecule has 4 rings (SSSR count). The molecular formula is C18H11BrN2O2. The average molecular weight is 367 g/mol. The maximum Gasteiger partial charge on any atom is 0.237 e. The maximum atomic E-state index is 12.6. The zero-order valence-electron chi connectivity index (χ0n) is 12.0. The Morgan fingerprint density at radius 2 is 1.52 bits per heavy atom. The van der Waals surface area contributed by atoms with Gasteiger partial charge in [-0.1, -0.05) is 58.4 Å². The zero-order valence-corrected chi connectivity index (χ0v) is 13.6. The van der Waals surface area contributed by atoms with E-state index in [4.69, 9.17) is 0 Å². The monoisotopic (exact) mass is 366 g/mol. The van der Waals surface area contributed by atoms with E-state index in [0.29, 0.717) is 27.8 Å². The minimum Gasteiger partial charge on any atom is -0.285 e. The Bertz CT molecular complexity index is 945. The summed E-state index contributed by atoms with van der Waals surface area (Å²) < 4.78 is 1.75. The Morgan fingerprint density at radius 3 is 2.22 bits per heavy atom. The Hall–Kier alpha value is -2.53. The van der Waals surface area contributed by atoms with Crippen LogP contribution in [0.2, 0.25) is 0 Å². The summed E-state index contributed by atoms with van der Waals surface area (Å²) in [5, 5.41) is 4.97. The second-order valence-electron chi connectivity index (χ2n) is 5.26. The largest absolute Gasteiger partial charge is 0.285 e. The van der Waals surface area contributed by atoms with E-state index in [9.17, 15) is 9.59 Å². The van der Waals surface area contributed by atoms with Gasteiger partial charge in [-0.3, -0.25) is 9.59 Å². The molecule has 0 N–H and O–H groups in total. The van der Waals surface area contributed by atoms with E-state index < -0.39 is 11.6 Å². The molecule has 0 bridgehead atoms. The van der Waals surface area contributed by atoms with Crippen molar-refractivity contribution in [3.63, 3.8) is 0 Å². The number of aromatic nitrogens is 2. The van der Waals surface area contributed by atoms with Gasteiger partial charge in [-0.05, 0) is 12.1 Å². The summed E-state index contributed by atoms with van der Waals surface area (Å²) in [5.74, 6) is -0.960. The van der Waals surface area contributed by atoms with Crippen molar-refractivity contribution >= 4 is 27.5 Å². The van der Waals surface area contributed by atoms with Crippen LogP contribution in [0, 0.1) is 0 Å². The Morgan fingerprint density at radius 1 is 0.870 bits per heavy atom. The number of carbonyl (C=O) groups is 2. The van der Waals surface area contributed by atoms with Gasteiger partial charge in [0.25, 0.3) is 0 Å². The molecule has 1 heterocycles. The highest BCUT2D eigenvalue weighted by atomic mass is 79.9. The number of benzene rings is 2. The molecule has 5 heteroatoms. The number of rotatable bonds is 2. The van der Waals surface area contributed by atoms with Gasteiger partial charge in [-0.2, -0.15) is 5.10 Å². The summed E-state index contributed by atoms with van der Waals surface area (Å²) >= 11 is 3.37. The molecule has 2 aromatic carbocycles. The van der Waals surface area contributed by atoms with Crippen LogP contribution in [0.15, 0.2) is 54.6 Å². The summed E-state index contributed by atoms with van der Waals surface area (Å²) in [5.41, 5.74) is 3.70. The fourth-order valence-corrected chi connectivity index (χ4v) is 3.32. The van der Waals surface area contributed by atoms with Crippen LogP contribution in [0.25, 0.3) is 16.9 Å². The second-order valence-corrected chi connectivity index (χ2v) is 5.82. The summed E-state index contributed by atoms with van der Waals surface area (Å²) in [7, 11) is 0. The fraction of sp³-hybridized carbons (Fsp3) is 0.0556. The minimum absolute atomic E-state index is 0.398. The lowest BCUT2D eigenvalue weighted by Gasteiger charge is -2.16. The number of nitrogens with zero attached hydrogens (tertiary/aromatic N) is 2. The third kappa shape index (κ3) is 2.00. The van der Waals surface area contributed by atoms with Crippen LogP contribution in [-0.4, -0.2) is 21.3 Å². The molecule has 0 fully saturated rings. The van der Waals surface area contributed by atoms with Crippen LogP contribution < -0.4 is 0 Å². The summed E-state index contributed by atoms with van der Waals surface area (Å²) in [4.78, 5) is 25.0. The molecule has 112 valence electrons. The normalized spacial score (nSPS) is 12.9. The molecule has 0 aliphatic heterocycles. The van der Waals surface area contributed by atoms with Gasteiger partial charge >= 0.3 is 0 Å². The van der Waals surface area contributed by atoms with Gasteiger partial charge in [0.2, 0.25) is 11.6 Å². The standard InChI is InChI=1S/C18H11BrN2O2/c19-10-14-15-16(21(20-14)11-6-2-1-3-7-11)12-8-4-5-9-13(12)17(22)18(15)23/h1-9H,10H2. The highest BCUT2D eigenvalue weighted by Crippen LogP contribution is 2.37. The van der Waals surface area contributed by atoms with Crippen molar-refractivity contribution in [3.8, 4) is 16.9 Å². The number of para-hydroxylation sites is 1. The molecule has 3 aromatic rings. The number of hydrogen-bond acceptors (Lipinski definition) is 3. The van der Waals surface area contributed by atoms with Crippen molar-refractivity contribution in [2.45, 2.75) is 5.33 Å². The molecular weight excluding hydrogens is 356 g/mol. The highest BCUT2D eigenvalue weighted by molar-refractivity contribution is 9.08. The van der Waals surface area contributed by atoms with Crippen LogP contribution in [0.1, 0.15) is 26.4 Å². The first kappa shape index (κ1) is 14.1. The molecule has 0 amide bonds. The zero-order chi connectivity index (χ0) is 16.0. The number of halogens is 1. The molecule has 0 saturated heterocycles. The van der Waals surface area contributed by atoms with Gasteiger partial charge in [0.15, 0.2) is 0 Å². The Balaban J connectivity index is 2.10. The number of fused-ring (bicyclic) bond motifs is 3. The molecule has 0 saturated carbocycles. The Labute approximate surface area is 140 Å². The van der Waals surface area contributed by atoms with Gasteiger partial charge in [0, 0.05) is 16.5 Å². The van der Waals surface area contributed by atoms with E-state index in [2.05, 4.69) is 21.0 Å². The van der Waals surface area contributed by atoms with Gasteiger partial charge in [-0.15, -0.1) is 0 Å². The Kier molecular flexibility index (Phi) is 3.23. The fourth-order valence-electron chi connectivity index (χ4n) is 2.92. The summed E-state index contributed by atoms with van der Waals surface area (Å²) in [6, 6.07) is 16.8. The van der Waals surface area contributed by atoms with Crippen molar-refractivity contribution < 1.29 is 9.59 Å². The molecule has 0 atom stereocenters. The predicted octanol–water partition coefficient (Wildman–Crippen LogP) is 3.81. The van der Waals surface area contributed by atoms with Gasteiger partial charge in [0.1, 0.15) is 0 Å². The molecule has 4 nitrogen and oxygen atoms in total. The van der Waals surface area contributed by atoms with E-state index in [1.165, 1.54) is 0 Å². The van der Waals surface area contributed by atoms with Crippen LogP contribution >= 0.6 is 15.9 Å².